The molecule has 7 nitrogen and oxygen atoms in total. The highest BCUT2D eigenvalue weighted by Gasteiger charge is 2.42. The van der Waals surface area contributed by atoms with Gasteiger partial charge in [-0.15, -0.1) is 0 Å². The Bertz CT molecular complexity index is 1100. The summed E-state index contributed by atoms with van der Waals surface area (Å²) in [4.78, 5) is 12.9. The zero-order chi connectivity index (χ0) is 23.6. The van der Waals surface area contributed by atoms with Crippen molar-refractivity contribution >= 4 is 21.6 Å². The fourth-order valence-electron chi connectivity index (χ4n) is 5.31. The fraction of sp³-hybridized carbons (Fsp3) is 0.480. The van der Waals surface area contributed by atoms with Crippen LogP contribution in [0.2, 0.25) is 0 Å². The van der Waals surface area contributed by atoms with Crippen LogP contribution in [0.3, 0.4) is 0 Å². The number of ether oxygens (including phenoxy) is 2. The van der Waals surface area contributed by atoms with E-state index in [1.165, 1.54) is 31.4 Å². The largest absolute Gasteiger partial charge is 0.493 e. The molecule has 4 rings (SSSR count). The predicted molar refractivity (Wildman–Crippen MR) is 127 cm³/mol. The van der Waals surface area contributed by atoms with E-state index in [9.17, 15) is 13.2 Å². The van der Waals surface area contributed by atoms with Gasteiger partial charge in [0, 0.05) is 17.3 Å². The first-order chi connectivity index (χ1) is 15.8. The molecule has 2 N–H and O–H groups in total. The maximum atomic E-state index is 12.9. The molecule has 0 heterocycles. The van der Waals surface area contributed by atoms with E-state index >= 15 is 0 Å². The summed E-state index contributed by atoms with van der Waals surface area (Å²) in [7, 11) is -2.08. The summed E-state index contributed by atoms with van der Waals surface area (Å²) >= 11 is 0. The number of carbonyl (C=O) groups excluding carboxylic acids is 1. The van der Waals surface area contributed by atoms with Crippen LogP contribution in [0.25, 0.3) is 0 Å². The zero-order valence-corrected chi connectivity index (χ0v) is 20.2. The van der Waals surface area contributed by atoms with Gasteiger partial charge in [-0.25, -0.2) is 13.1 Å². The number of nitrogens with one attached hydrogen (secondary N) is 2. The smallest absolute Gasteiger partial charge is 0.255 e. The van der Waals surface area contributed by atoms with Gasteiger partial charge in [0.1, 0.15) is 0 Å². The SMILES string of the molecule is CCOc1cc(C(=O)Nc2ccc(S(=O)(=O)N[C@@H](C)[C@H]3C[C@H]4CC[C@H]3C4)cc2)ccc1OC. The molecule has 2 fully saturated rings. The number of anilines is 1. The van der Waals surface area contributed by atoms with Gasteiger partial charge < -0.3 is 14.8 Å². The molecule has 2 aliphatic carbocycles. The molecular weight excluding hydrogens is 440 g/mol. The molecule has 0 saturated heterocycles. The van der Waals surface area contributed by atoms with E-state index < -0.39 is 10.0 Å². The quantitative estimate of drug-likeness (QED) is 0.562. The first-order valence-electron chi connectivity index (χ1n) is 11.5. The molecule has 0 aromatic heterocycles. The maximum Gasteiger partial charge on any atom is 0.255 e. The van der Waals surface area contributed by atoms with Crippen molar-refractivity contribution < 1.29 is 22.7 Å². The van der Waals surface area contributed by atoms with Gasteiger partial charge in [-0.3, -0.25) is 4.79 Å². The molecule has 2 aromatic rings. The second kappa shape index (κ2) is 9.73. The van der Waals surface area contributed by atoms with Crippen molar-refractivity contribution in [1.29, 1.82) is 0 Å². The van der Waals surface area contributed by atoms with E-state index in [2.05, 4.69) is 10.0 Å². The standard InChI is InChI=1S/C25H32N2O5S/c1-4-32-24-15-19(7-12-23(24)31-3)25(28)26-20-8-10-21(11-9-20)33(29,30)27-16(2)22-14-17-5-6-18(22)13-17/h7-12,15-18,22,27H,4-6,13-14H2,1-3H3,(H,26,28)/t16-,17-,18-,22+/m0/s1. The van der Waals surface area contributed by atoms with E-state index in [1.54, 1.807) is 37.4 Å². The summed E-state index contributed by atoms with van der Waals surface area (Å²) in [5.74, 6) is 2.55. The minimum atomic E-state index is -3.62. The van der Waals surface area contributed by atoms with Crippen LogP contribution in [0.4, 0.5) is 5.69 Å². The summed E-state index contributed by atoms with van der Waals surface area (Å²) in [5.41, 5.74) is 0.922. The van der Waals surface area contributed by atoms with Crippen LogP contribution in [0.15, 0.2) is 47.4 Å². The summed E-state index contributed by atoms with van der Waals surface area (Å²) in [6.45, 7) is 4.28. The van der Waals surface area contributed by atoms with E-state index in [-0.39, 0.29) is 16.8 Å². The Hall–Kier alpha value is -2.58. The first kappa shape index (κ1) is 23.6. The molecule has 4 atom stereocenters. The van der Waals surface area contributed by atoms with E-state index in [0.717, 1.165) is 12.3 Å². The topological polar surface area (TPSA) is 93.7 Å². The Labute approximate surface area is 195 Å². The van der Waals surface area contributed by atoms with Crippen molar-refractivity contribution in [1.82, 2.24) is 4.72 Å². The van der Waals surface area contributed by atoms with Crippen LogP contribution in [-0.2, 0) is 10.0 Å². The van der Waals surface area contributed by atoms with Crippen molar-refractivity contribution in [3.63, 3.8) is 0 Å². The highest BCUT2D eigenvalue weighted by molar-refractivity contribution is 7.89. The van der Waals surface area contributed by atoms with Gasteiger partial charge in [-0.1, -0.05) is 6.42 Å². The number of methoxy groups -OCH3 is 1. The Morgan fingerprint density at radius 2 is 1.85 bits per heavy atom. The average molecular weight is 473 g/mol. The Morgan fingerprint density at radius 1 is 1.09 bits per heavy atom. The van der Waals surface area contributed by atoms with Gasteiger partial charge in [-0.2, -0.15) is 0 Å². The zero-order valence-electron chi connectivity index (χ0n) is 19.3. The fourth-order valence-corrected chi connectivity index (χ4v) is 6.61. The van der Waals surface area contributed by atoms with Gasteiger partial charge >= 0.3 is 0 Å². The molecule has 0 aliphatic heterocycles. The van der Waals surface area contributed by atoms with Crippen LogP contribution >= 0.6 is 0 Å². The molecule has 2 aromatic carbocycles. The van der Waals surface area contributed by atoms with Crippen molar-refractivity contribution in [2.45, 2.75) is 50.5 Å². The highest BCUT2D eigenvalue weighted by atomic mass is 32.2. The minimum absolute atomic E-state index is 0.0840. The molecule has 1 amide bonds. The molecule has 2 aliphatic rings. The van der Waals surface area contributed by atoms with Crippen molar-refractivity contribution in [3.05, 3.63) is 48.0 Å². The maximum absolute atomic E-state index is 12.9. The second-order valence-electron chi connectivity index (χ2n) is 9.03. The highest BCUT2D eigenvalue weighted by Crippen LogP contribution is 2.49. The van der Waals surface area contributed by atoms with E-state index in [4.69, 9.17) is 9.47 Å². The Morgan fingerprint density at radius 3 is 2.45 bits per heavy atom. The summed E-state index contributed by atoms with van der Waals surface area (Å²) < 4.78 is 39.4. The first-order valence-corrected chi connectivity index (χ1v) is 13.0. The van der Waals surface area contributed by atoms with Crippen LogP contribution in [0.5, 0.6) is 11.5 Å². The number of carbonyl (C=O) groups is 1. The Kier molecular flexibility index (Phi) is 6.95. The number of rotatable bonds is 9. The molecule has 2 bridgehead atoms. The third-order valence-electron chi connectivity index (χ3n) is 6.92. The number of amides is 1. The molecule has 0 unspecified atom stereocenters. The third kappa shape index (κ3) is 5.17. The summed E-state index contributed by atoms with van der Waals surface area (Å²) in [6, 6.07) is 11.1. The van der Waals surface area contributed by atoms with E-state index in [1.807, 2.05) is 13.8 Å². The number of hydrogen-bond donors (Lipinski definition) is 2. The predicted octanol–water partition coefficient (Wildman–Crippen LogP) is 4.45. The van der Waals surface area contributed by atoms with Crippen molar-refractivity contribution in [3.8, 4) is 11.5 Å². The summed E-state index contributed by atoms with van der Waals surface area (Å²) in [5, 5.41) is 2.80. The van der Waals surface area contributed by atoms with Crippen molar-refractivity contribution in [2.75, 3.05) is 19.0 Å². The second-order valence-corrected chi connectivity index (χ2v) is 10.7. The lowest BCUT2D eigenvalue weighted by Crippen LogP contribution is -2.40. The molecular formula is C25H32N2O5S. The van der Waals surface area contributed by atoms with Crippen molar-refractivity contribution in [2.24, 2.45) is 17.8 Å². The number of fused-ring (bicyclic) bond motifs is 2. The molecule has 178 valence electrons. The van der Waals surface area contributed by atoms with Crippen LogP contribution in [-0.4, -0.2) is 34.1 Å². The van der Waals surface area contributed by atoms with Crippen LogP contribution in [0, 0.1) is 17.8 Å². The number of sulfonamides is 1. The number of benzene rings is 2. The average Bonchev–Trinajstić information content (AvgIpc) is 3.43. The molecule has 8 heteroatoms. The Balaban J connectivity index is 1.40. The normalized spacial score (nSPS) is 22.7. The molecule has 0 radical (unpaired) electrons. The molecule has 0 spiro atoms. The molecule has 2 saturated carbocycles. The van der Waals surface area contributed by atoms with Gasteiger partial charge in [0.25, 0.3) is 5.91 Å². The monoisotopic (exact) mass is 472 g/mol. The lowest BCUT2D eigenvalue weighted by molar-refractivity contribution is 0.102. The van der Waals surface area contributed by atoms with Gasteiger partial charge in [0.15, 0.2) is 11.5 Å². The third-order valence-corrected chi connectivity index (χ3v) is 8.50. The molecule has 33 heavy (non-hydrogen) atoms. The lowest BCUT2D eigenvalue weighted by Gasteiger charge is -2.28. The minimum Gasteiger partial charge on any atom is -0.493 e. The summed E-state index contributed by atoms with van der Waals surface area (Å²) in [6.07, 6.45) is 4.87. The van der Waals surface area contributed by atoms with Gasteiger partial charge in [0.05, 0.1) is 18.6 Å². The van der Waals surface area contributed by atoms with Gasteiger partial charge in [-0.05, 0) is 93.3 Å². The van der Waals surface area contributed by atoms with E-state index in [0.29, 0.717) is 41.2 Å². The van der Waals surface area contributed by atoms with Gasteiger partial charge in [0.2, 0.25) is 10.0 Å². The van der Waals surface area contributed by atoms with Crippen LogP contribution < -0.4 is 19.5 Å². The lowest BCUT2D eigenvalue weighted by atomic mass is 9.84. The van der Waals surface area contributed by atoms with Crippen LogP contribution in [0.1, 0.15) is 49.9 Å². The number of hydrogen-bond acceptors (Lipinski definition) is 5.